The van der Waals surface area contributed by atoms with E-state index in [9.17, 15) is 8.78 Å². The molecular weight excluding hydrogens is 170 g/mol. The van der Waals surface area contributed by atoms with Crippen molar-refractivity contribution in [3.63, 3.8) is 0 Å². The van der Waals surface area contributed by atoms with Crippen LogP contribution in [-0.2, 0) is 0 Å². The molecule has 60 valence electrons. The molecule has 0 amide bonds. The average Bonchev–Trinajstić information content (AvgIpc) is 1.93. The maximum Gasteiger partial charge on any atom is 0.288 e. The number of alkyl halides is 2. The van der Waals surface area contributed by atoms with Gasteiger partial charge in [0, 0.05) is 4.90 Å². The van der Waals surface area contributed by atoms with Crippen molar-refractivity contribution in [3.05, 3.63) is 24.3 Å². The molecule has 0 saturated carbocycles. The molecule has 0 radical (unpaired) electrons. The fourth-order valence-electron chi connectivity index (χ4n) is 0.628. The second kappa shape index (κ2) is 3.57. The molecule has 4 heteroatoms. The Labute approximate surface area is 67.0 Å². The van der Waals surface area contributed by atoms with Crippen LogP contribution in [-0.4, -0.2) is 10.9 Å². The van der Waals surface area contributed by atoms with Gasteiger partial charge in [0.1, 0.15) is 5.75 Å². The molecule has 0 aliphatic carbocycles. The SMILES string of the molecule is Oc1ccc(SC(F)F)cc1. The second-order valence-electron chi connectivity index (χ2n) is 1.87. The van der Waals surface area contributed by atoms with Crippen LogP contribution in [0.5, 0.6) is 5.75 Å². The Balaban J connectivity index is 2.66. The summed E-state index contributed by atoms with van der Waals surface area (Å²) in [6, 6.07) is 5.66. The van der Waals surface area contributed by atoms with E-state index in [0.717, 1.165) is 0 Å². The number of benzene rings is 1. The molecule has 1 aromatic rings. The third-order valence-electron chi connectivity index (χ3n) is 1.06. The summed E-state index contributed by atoms with van der Waals surface area (Å²) in [6.45, 7) is 0. The molecular formula is C7H6F2OS. The molecule has 0 aliphatic rings. The first-order valence-electron chi connectivity index (χ1n) is 2.92. The van der Waals surface area contributed by atoms with Crippen molar-refractivity contribution in [2.24, 2.45) is 0 Å². The van der Waals surface area contributed by atoms with E-state index in [-0.39, 0.29) is 5.75 Å². The highest BCUT2D eigenvalue weighted by Gasteiger charge is 2.03. The number of hydrogen-bond acceptors (Lipinski definition) is 2. The molecule has 1 nitrogen and oxygen atoms in total. The molecule has 0 fully saturated rings. The number of hydrogen-bond donors (Lipinski definition) is 1. The van der Waals surface area contributed by atoms with E-state index < -0.39 is 5.76 Å². The van der Waals surface area contributed by atoms with Gasteiger partial charge in [-0.1, -0.05) is 11.8 Å². The zero-order valence-corrected chi connectivity index (χ0v) is 6.31. The molecule has 1 N–H and O–H groups in total. The first-order valence-corrected chi connectivity index (χ1v) is 3.80. The minimum atomic E-state index is -2.40. The van der Waals surface area contributed by atoms with E-state index in [1.54, 1.807) is 0 Å². The summed E-state index contributed by atoms with van der Waals surface area (Å²) in [5.41, 5.74) is 0. The molecule has 1 aromatic carbocycles. The van der Waals surface area contributed by atoms with Gasteiger partial charge >= 0.3 is 0 Å². The van der Waals surface area contributed by atoms with Gasteiger partial charge in [-0.05, 0) is 24.3 Å². The Morgan fingerprint density at radius 3 is 2.18 bits per heavy atom. The molecule has 0 spiro atoms. The first kappa shape index (κ1) is 8.33. The smallest absolute Gasteiger partial charge is 0.288 e. The van der Waals surface area contributed by atoms with Crippen LogP contribution in [0.25, 0.3) is 0 Å². The van der Waals surface area contributed by atoms with Crippen molar-refractivity contribution in [2.75, 3.05) is 0 Å². The van der Waals surface area contributed by atoms with Gasteiger partial charge < -0.3 is 5.11 Å². The molecule has 0 bridgehead atoms. The van der Waals surface area contributed by atoms with Crippen LogP contribution in [0, 0.1) is 0 Å². The molecule has 0 aromatic heterocycles. The van der Waals surface area contributed by atoms with Crippen LogP contribution in [0.2, 0.25) is 0 Å². The van der Waals surface area contributed by atoms with Crippen molar-refractivity contribution in [1.82, 2.24) is 0 Å². The van der Waals surface area contributed by atoms with E-state index in [1.165, 1.54) is 24.3 Å². The number of aromatic hydroxyl groups is 1. The zero-order chi connectivity index (χ0) is 8.27. The zero-order valence-electron chi connectivity index (χ0n) is 5.50. The average molecular weight is 176 g/mol. The summed E-state index contributed by atoms with van der Waals surface area (Å²) in [7, 11) is 0. The van der Waals surface area contributed by atoms with Gasteiger partial charge in [-0.25, -0.2) is 0 Å². The summed E-state index contributed by atoms with van der Waals surface area (Å²) in [6.07, 6.45) is 0. The Bertz CT molecular complexity index is 222. The van der Waals surface area contributed by atoms with Gasteiger partial charge in [-0.15, -0.1) is 0 Å². The number of thioether (sulfide) groups is 1. The maximum absolute atomic E-state index is 11.7. The molecule has 0 atom stereocenters. The van der Waals surface area contributed by atoms with Crippen LogP contribution < -0.4 is 0 Å². The number of halogens is 2. The summed E-state index contributed by atoms with van der Waals surface area (Å²) in [5, 5.41) is 8.79. The Kier molecular flexibility index (Phi) is 2.70. The van der Waals surface area contributed by atoms with Gasteiger partial charge in [-0.2, -0.15) is 8.78 Å². The Morgan fingerprint density at radius 2 is 1.73 bits per heavy atom. The summed E-state index contributed by atoms with van der Waals surface area (Å²) in [5.74, 6) is -2.32. The molecule has 0 unspecified atom stereocenters. The normalized spacial score (nSPS) is 10.5. The Morgan fingerprint density at radius 1 is 1.18 bits per heavy atom. The van der Waals surface area contributed by atoms with Crippen molar-refractivity contribution in [1.29, 1.82) is 0 Å². The number of phenols is 1. The van der Waals surface area contributed by atoms with Gasteiger partial charge in [0.25, 0.3) is 5.76 Å². The van der Waals surface area contributed by atoms with Gasteiger partial charge in [-0.3, -0.25) is 0 Å². The molecule has 0 heterocycles. The predicted molar refractivity (Wildman–Crippen MR) is 40.0 cm³/mol. The van der Waals surface area contributed by atoms with Crippen LogP contribution in [0.15, 0.2) is 29.2 Å². The van der Waals surface area contributed by atoms with Crippen LogP contribution in [0.4, 0.5) is 8.78 Å². The largest absolute Gasteiger partial charge is 0.508 e. The van der Waals surface area contributed by atoms with E-state index in [1.807, 2.05) is 0 Å². The van der Waals surface area contributed by atoms with Crippen molar-refractivity contribution in [3.8, 4) is 5.75 Å². The molecule has 0 aliphatic heterocycles. The van der Waals surface area contributed by atoms with Crippen molar-refractivity contribution >= 4 is 11.8 Å². The molecule has 11 heavy (non-hydrogen) atoms. The standard InChI is InChI=1S/C7H6F2OS/c8-7(9)11-6-3-1-5(10)2-4-6/h1-4,7,10H. The van der Waals surface area contributed by atoms with Gasteiger partial charge in [0.15, 0.2) is 0 Å². The second-order valence-corrected chi connectivity index (χ2v) is 2.94. The van der Waals surface area contributed by atoms with E-state index in [2.05, 4.69) is 0 Å². The lowest BCUT2D eigenvalue weighted by Crippen LogP contribution is -1.79. The fourth-order valence-corrected chi connectivity index (χ4v) is 1.13. The topological polar surface area (TPSA) is 20.2 Å². The van der Waals surface area contributed by atoms with Gasteiger partial charge in [0.05, 0.1) is 0 Å². The van der Waals surface area contributed by atoms with Crippen LogP contribution in [0.1, 0.15) is 0 Å². The highest BCUT2D eigenvalue weighted by atomic mass is 32.2. The lowest BCUT2D eigenvalue weighted by Gasteiger charge is -1.98. The summed E-state index contributed by atoms with van der Waals surface area (Å²) < 4.78 is 23.4. The maximum atomic E-state index is 11.7. The highest BCUT2D eigenvalue weighted by Crippen LogP contribution is 2.26. The highest BCUT2D eigenvalue weighted by molar-refractivity contribution is 7.99. The van der Waals surface area contributed by atoms with Gasteiger partial charge in [0.2, 0.25) is 0 Å². The Hall–Kier alpha value is -0.770. The third kappa shape index (κ3) is 2.76. The fraction of sp³-hybridized carbons (Fsp3) is 0.143. The minimum Gasteiger partial charge on any atom is -0.508 e. The molecule has 1 rings (SSSR count). The number of rotatable bonds is 2. The molecule has 0 saturated heterocycles. The summed E-state index contributed by atoms with van der Waals surface area (Å²) in [4.78, 5) is 0.456. The van der Waals surface area contributed by atoms with Crippen LogP contribution >= 0.6 is 11.8 Å². The van der Waals surface area contributed by atoms with Crippen molar-refractivity contribution < 1.29 is 13.9 Å². The van der Waals surface area contributed by atoms with Crippen LogP contribution in [0.3, 0.4) is 0 Å². The monoisotopic (exact) mass is 176 g/mol. The van der Waals surface area contributed by atoms with Crippen molar-refractivity contribution in [2.45, 2.75) is 10.7 Å². The lowest BCUT2D eigenvalue weighted by molar-refractivity contribution is 0.252. The van der Waals surface area contributed by atoms with E-state index in [4.69, 9.17) is 5.11 Å². The lowest BCUT2D eigenvalue weighted by atomic mass is 10.3. The quantitative estimate of drug-likeness (QED) is 0.699. The van der Waals surface area contributed by atoms with E-state index >= 15 is 0 Å². The first-order chi connectivity index (χ1) is 5.18. The predicted octanol–water partition coefficient (Wildman–Crippen LogP) is 2.71. The third-order valence-corrected chi connectivity index (χ3v) is 1.78. The van der Waals surface area contributed by atoms with E-state index in [0.29, 0.717) is 16.7 Å². The minimum absolute atomic E-state index is 0.0867. The number of phenolic OH excluding ortho intramolecular Hbond substituents is 1. The summed E-state index contributed by atoms with van der Waals surface area (Å²) >= 11 is 0.463.